The Morgan fingerprint density at radius 2 is 1.80 bits per heavy atom. The summed E-state index contributed by atoms with van der Waals surface area (Å²) < 4.78 is 29.2. The van der Waals surface area contributed by atoms with Crippen molar-refractivity contribution in [1.82, 2.24) is 25.0 Å². The van der Waals surface area contributed by atoms with Gasteiger partial charge >= 0.3 is 0 Å². The van der Waals surface area contributed by atoms with Gasteiger partial charge in [-0.05, 0) is 43.7 Å². The second-order valence-corrected chi connectivity index (χ2v) is 6.88. The highest BCUT2D eigenvalue weighted by molar-refractivity contribution is 6.03. The number of para-hydroxylation sites is 1. The van der Waals surface area contributed by atoms with E-state index in [4.69, 9.17) is 0 Å². The molecule has 0 saturated heterocycles. The lowest BCUT2D eigenvalue weighted by Crippen LogP contribution is -2.15. The van der Waals surface area contributed by atoms with Gasteiger partial charge in [0.15, 0.2) is 11.5 Å². The van der Waals surface area contributed by atoms with E-state index in [1.807, 2.05) is 32.0 Å². The summed E-state index contributed by atoms with van der Waals surface area (Å²) in [6.45, 7) is 3.75. The Labute approximate surface area is 170 Å². The summed E-state index contributed by atoms with van der Waals surface area (Å²) in [5.74, 6) is -1.09. The molecule has 0 aliphatic heterocycles. The Bertz CT molecular complexity index is 1240. The van der Waals surface area contributed by atoms with Crippen molar-refractivity contribution in [3.8, 4) is 22.6 Å². The number of hydrogen-bond donors (Lipinski definition) is 2. The second kappa shape index (κ2) is 7.51. The molecule has 0 aliphatic rings. The number of aromatic amines is 1. The number of aryl methyl sites for hydroxylation is 3. The molecule has 30 heavy (non-hydrogen) atoms. The van der Waals surface area contributed by atoms with Crippen molar-refractivity contribution in [1.29, 1.82) is 0 Å². The van der Waals surface area contributed by atoms with Gasteiger partial charge in [0.2, 0.25) is 0 Å². The van der Waals surface area contributed by atoms with Crippen LogP contribution in [-0.2, 0) is 7.05 Å². The molecular weight excluding hydrogens is 390 g/mol. The zero-order valence-corrected chi connectivity index (χ0v) is 16.5. The SMILES string of the molecule is Cc1nnc(-c2ccc(C)c(-c3cc(C(=O)Nc4c(F)cccc4F)nn3C)c2)[nH]1. The van der Waals surface area contributed by atoms with Gasteiger partial charge in [-0.15, -0.1) is 10.2 Å². The van der Waals surface area contributed by atoms with E-state index in [0.29, 0.717) is 17.3 Å². The number of aromatic nitrogens is 5. The fraction of sp³-hybridized carbons (Fsp3) is 0.143. The van der Waals surface area contributed by atoms with Crippen LogP contribution >= 0.6 is 0 Å². The van der Waals surface area contributed by atoms with Gasteiger partial charge in [0.1, 0.15) is 23.1 Å². The van der Waals surface area contributed by atoms with Crippen molar-refractivity contribution >= 4 is 11.6 Å². The van der Waals surface area contributed by atoms with Crippen LogP contribution in [0.4, 0.5) is 14.5 Å². The average Bonchev–Trinajstić information content (AvgIpc) is 3.31. The molecule has 0 bridgehead atoms. The molecule has 2 aromatic heterocycles. The zero-order valence-electron chi connectivity index (χ0n) is 16.5. The molecule has 2 heterocycles. The Balaban J connectivity index is 1.68. The minimum Gasteiger partial charge on any atom is -0.325 e. The third-order valence-corrected chi connectivity index (χ3v) is 4.70. The highest BCUT2D eigenvalue weighted by Crippen LogP contribution is 2.29. The highest BCUT2D eigenvalue weighted by Gasteiger charge is 2.19. The number of nitrogens with zero attached hydrogens (tertiary/aromatic N) is 4. The maximum Gasteiger partial charge on any atom is 0.276 e. The second-order valence-electron chi connectivity index (χ2n) is 6.88. The molecule has 4 aromatic rings. The molecule has 0 radical (unpaired) electrons. The molecule has 152 valence electrons. The molecule has 0 fully saturated rings. The van der Waals surface area contributed by atoms with Crippen molar-refractivity contribution in [2.24, 2.45) is 7.05 Å². The van der Waals surface area contributed by atoms with E-state index in [1.54, 1.807) is 17.8 Å². The number of carbonyl (C=O) groups is 1. The number of benzene rings is 2. The molecule has 0 saturated carbocycles. The van der Waals surface area contributed by atoms with Crippen LogP contribution < -0.4 is 5.32 Å². The highest BCUT2D eigenvalue weighted by atomic mass is 19.1. The number of carbonyl (C=O) groups excluding carboxylic acids is 1. The fourth-order valence-electron chi connectivity index (χ4n) is 3.15. The number of nitrogens with one attached hydrogen (secondary N) is 2. The third-order valence-electron chi connectivity index (χ3n) is 4.70. The fourth-order valence-corrected chi connectivity index (χ4v) is 3.15. The normalized spacial score (nSPS) is 11.0. The minimum absolute atomic E-state index is 0.0375. The van der Waals surface area contributed by atoms with E-state index in [-0.39, 0.29) is 5.69 Å². The lowest BCUT2D eigenvalue weighted by molar-refractivity contribution is 0.102. The van der Waals surface area contributed by atoms with Gasteiger partial charge in [-0.2, -0.15) is 5.10 Å². The van der Waals surface area contributed by atoms with Gasteiger partial charge in [-0.3, -0.25) is 9.48 Å². The minimum atomic E-state index is -0.856. The van der Waals surface area contributed by atoms with Crippen LogP contribution in [0.3, 0.4) is 0 Å². The van der Waals surface area contributed by atoms with E-state index in [1.165, 1.54) is 6.07 Å². The molecule has 4 rings (SSSR count). The smallest absolute Gasteiger partial charge is 0.276 e. The van der Waals surface area contributed by atoms with Crippen LogP contribution in [0.5, 0.6) is 0 Å². The zero-order chi connectivity index (χ0) is 21.4. The van der Waals surface area contributed by atoms with Crippen molar-refractivity contribution in [2.45, 2.75) is 13.8 Å². The van der Waals surface area contributed by atoms with E-state index >= 15 is 0 Å². The monoisotopic (exact) mass is 408 g/mol. The number of H-pyrrole nitrogens is 1. The van der Waals surface area contributed by atoms with Gasteiger partial charge in [0.05, 0.1) is 5.69 Å². The predicted molar refractivity (Wildman–Crippen MR) is 108 cm³/mol. The summed E-state index contributed by atoms with van der Waals surface area (Å²) in [7, 11) is 1.69. The molecule has 0 atom stereocenters. The van der Waals surface area contributed by atoms with Crippen molar-refractivity contribution in [2.75, 3.05) is 5.32 Å². The van der Waals surface area contributed by atoms with Gasteiger partial charge in [0.25, 0.3) is 5.91 Å². The van der Waals surface area contributed by atoms with Crippen LogP contribution in [0.15, 0.2) is 42.5 Å². The predicted octanol–water partition coefficient (Wildman–Crippen LogP) is 4.02. The van der Waals surface area contributed by atoms with E-state index < -0.39 is 23.2 Å². The topological polar surface area (TPSA) is 88.5 Å². The van der Waals surface area contributed by atoms with Crippen LogP contribution in [-0.4, -0.2) is 30.9 Å². The summed E-state index contributed by atoms with van der Waals surface area (Å²) >= 11 is 0. The molecule has 2 N–H and O–H groups in total. The van der Waals surface area contributed by atoms with Crippen molar-refractivity contribution in [3.05, 3.63) is 71.2 Å². The van der Waals surface area contributed by atoms with Crippen LogP contribution in [0.2, 0.25) is 0 Å². The maximum atomic E-state index is 13.8. The molecule has 0 unspecified atom stereocenters. The number of halogens is 2. The number of rotatable bonds is 4. The van der Waals surface area contributed by atoms with Gasteiger partial charge in [-0.25, -0.2) is 8.78 Å². The van der Waals surface area contributed by atoms with Crippen molar-refractivity contribution in [3.63, 3.8) is 0 Å². The van der Waals surface area contributed by atoms with E-state index in [2.05, 4.69) is 25.6 Å². The summed E-state index contributed by atoms with van der Waals surface area (Å²) in [4.78, 5) is 15.6. The molecule has 0 spiro atoms. The van der Waals surface area contributed by atoms with Gasteiger partial charge in [-0.1, -0.05) is 18.2 Å². The Morgan fingerprint density at radius 3 is 2.47 bits per heavy atom. The van der Waals surface area contributed by atoms with Crippen molar-refractivity contribution < 1.29 is 13.6 Å². The first-order valence-electron chi connectivity index (χ1n) is 9.13. The van der Waals surface area contributed by atoms with Gasteiger partial charge in [0, 0.05) is 18.2 Å². The summed E-state index contributed by atoms with van der Waals surface area (Å²) in [6.07, 6.45) is 0. The summed E-state index contributed by atoms with van der Waals surface area (Å²) in [6, 6.07) is 10.7. The molecule has 9 heteroatoms. The lowest BCUT2D eigenvalue weighted by Gasteiger charge is -2.08. The number of anilines is 1. The lowest BCUT2D eigenvalue weighted by atomic mass is 10.0. The van der Waals surface area contributed by atoms with E-state index in [0.717, 1.165) is 28.8 Å². The third kappa shape index (κ3) is 3.57. The Kier molecular flexibility index (Phi) is 4.86. The Morgan fingerprint density at radius 1 is 1.07 bits per heavy atom. The number of amides is 1. The van der Waals surface area contributed by atoms with Crippen LogP contribution in [0.25, 0.3) is 22.6 Å². The standard InChI is InChI=1S/C21H18F2N6O/c1-11-7-8-13(20-24-12(2)26-27-20)9-14(11)18-10-17(28-29(18)3)21(30)25-19-15(22)5-4-6-16(19)23/h4-10H,1-3H3,(H,25,30)(H,24,26,27). The largest absolute Gasteiger partial charge is 0.325 e. The first-order chi connectivity index (χ1) is 14.3. The van der Waals surface area contributed by atoms with Crippen LogP contribution in [0.1, 0.15) is 21.9 Å². The first-order valence-corrected chi connectivity index (χ1v) is 9.13. The average molecular weight is 408 g/mol. The number of hydrogen-bond acceptors (Lipinski definition) is 4. The molecule has 1 amide bonds. The molecular formula is C21H18F2N6O. The quantitative estimate of drug-likeness (QED) is 0.534. The Hall–Kier alpha value is -3.88. The summed E-state index contributed by atoms with van der Waals surface area (Å²) in [5, 5.41) is 14.6. The summed E-state index contributed by atoms with van der Waals surface area (Å²) in [5.41, 5.74) is 2.84. The first kappa shape index (κ1) is 19.4. The molecule has 0 aliphatic carbocycles. The maximum absolute atomic E-state index is 13.8. The molecule has 7 nitrogen and oxygen atoms in total. The molecule has 2 aromatic carbocycles. The van der Waals surface area contributed by atoms with E-state index in [9.17, 15) is 13.6 Å². The van der Waals surface area contributed by atoms with Gasteiger partial charge < -0.3 is 10.3 Å². The van der Waals surface area contributed by atoms with Crippen LogP contribution in [0, 0.1) is 25.5 Å².